The SMILES string of the molecule is CNC(C)C(=O)N[C@H]1CCCC[C@H]2CC[C@@H](CS(=O)CCc3ccccc3)N2C1=O. The molecule has 5 atom stereocenters. The highest BCUT2D eigenvalue weighted by Crippen LogP contribution is 2.31. The lowest BCUT2D eigenvalue weighted by Crippen LogP contribution is -2.56. The van der Waals surface area contributed by atoms with Crippen LogP contribution in [0.2, 0.25) is 0 Å². The summed E-state index contributed by atoms with van der Waals surface area (Å²) >= 11 is 0. The van der Waals surface area contributed by atoms with Gasteiger partial charge in [-0.3, -0.25) is 13.8 Å². The number of amides is 2. The van der Waals surface area contributed by atoms with Crippen molar-refractivity contribution in [1.29, 1.82) is 0 Å². The van der Waals surface area contributed by atoms with Crippen LogP contribution in [0.25, 0.3) is 0 Å². The Balaban J connectivity index is 1.62. The third-order valence-corrected chi connectivity index (χ3v) is 7.85. The second kappa shape index (κ2) is 11.0. The lowest BCUT2D eigenvalue weighted by Gasteiger charge is -2.36. The van der Waals surface area contributed by atoms with Gasteiger partial charge in [0.2, 0.25) is 11.8 Å². The summed E-state index contributed by atoms with van der Waals surface area (Å²) in [6, 6.07) is 9.53. The molecule has 0 bridgehead atoms. The van der Waals surface area contributed by atoms with Gasteiger partial charge in [0.1, 0.15) is 6.04 Å². The van der Waals surface area contributed by atoms with Crippen molar-refractivity contribution >= 4 is 22.6 Å². The second-order valence-corrected chi connectivity index (χ2v) is 10.2. The Kier molecular flexibility index (Phi) is 8.45. The molecule has 3 rings (SSSR count). The lowest BCUT2D eigenvalue weighted by atomic mass is 9.98. The molecule has 2 heterocycles. The number of benzene rings is 1. The van der Waals surface area contributed by atoms with Crippen molar-refractivity contribution in [3.8, 4) is 0 Å². The molecule has 0 saturated carbocycles. The number of nitrogens with one attached hydrogen (secondary N) is 2. The normalized spacial score (nSPS) is 26.4. The predicted molar refractivity (Wildman–Crippen MR) is 121 cm³/mol. The van der Waals surface area contributed by atoms with Gasteiger partial charge in [0.05, 0.1) is 6.04 Å². The van der Waals surface area contributed by atoms with Crippen molar-refractivity contribution in [3.05, 3.63) is 35.9 Å². The Hall–Kier alpha value is -1.73. The van der Waals surface area contributed by atoms with Gasteiger partial charge in [-0.05, 0) is 51.6 Å². The van der Waals surface area contributed by atoms with Crippen molar-refractivity contribution in [2.75, 3.05) is 18.6 Å². The van der Waals surface area contributed by atoms with Gasteiger partial charge >= 0.3 is 0 Å². The highest BCUT2D eigenvalue weighted by atomic mass is 32.2. The van der Waals surface area contributed by atoms with Gasteiger partial charge in [0, 0.05) is 34.4 Å². The Labute approximate surface area is 182 Å². The van der Waals surface area contributed by atoms with E-state index in [2.05, 4.69) is 22.8 Å². The van der Waals surface area contributed by atoms with E-state index in [0.29, 0.717) is 17.9 Å². The molecule has 2 fully saturated rings. The van der Waals surface area contributed by atoms with Crippen molar-refractivity contribution in [2.24, 2.45) is 0 Å². The quantitative estimate of drug-likeness (QED) is 0.657. The maximum atomic E-state index is 13.4. The molecule has 1 aromatic carbocycles. The van der Waals surface area contributed by atoms with Crippen LogP contribution in [0.15, 0.2) is 30.3 Å². The highest BCUT2D eigenvalue weighted by molar-refractivity contribution is 7.85. The Morgan fingerprint density at radius 1 is 1.17 bits per heavy atom. The number of rotatable bonds is 8. The molecule has 166 valence electrons. The molecular formula is C23H35N3O3S. The van der Waals surface area contributed by atoms with E-state index in [4.69, 9.17) is 0 Å². The fourth-order valence-electron chi connectivity index (χ4n) is 4.54. The van der Waals surface area contributed by atoms with Crippen LogP contribution in [0.5, 0.6) is 0 Å². The topological polar surface area (TPSA) is 78.5 Å². The van der Waals surface area contributed by atoms with Crippen LogP contribution in [-0.2, 0) is 26.8 Å². The molecule has 30 heavy (non-hydrogen) atoms. The van der Waals surface area contributed by atoms with Crippen LogP contribution in [-0.4, -0.2) is 63.6 Å². The summed E-state index contributed by atoms with van der Waals surface area (Å²) in [5.74, 6) is 1.02. The van der Waals surface area contributed by atoms with Crippen molar-refractivity contribution in [2.45, 2.75) is 76.0 Å². The maximum Gasteiger partial charge on any atom is 0.245 e. The van der Waals surface area contributed by atoms with Crippen LogP contribution in [0.3, 0.4) is 0 Å². The molecule has 0 radical (unpaired) electrons. The fourth-order valence-corrected chi connectivity index (χ4v) is 5.92. The van der Waals surface area contributed by atoms with E-state index in [1.807, 2.05) is 23.1 Å². The maximum absolute atomic E-state index is 13.4. The predicted octanol–water partition coefficient (Wildman–Crippen LogP) is 2.00. The Morgan fingerprint density at radius 3 is 2.63 bits per heavy atom. The molecule has 7 heteroatoms. The van der Waals surface area contributed by atoms with E-state index >= 15 is 0 Å². The third-order valence-electron chi connectivity index (χ3n) is 6.43. The number of hydrogen-bond acceptors (Lipinski definition) is 4. The summed E-state index contributed by atoms with van der Waals surface area (Å²) < 4.78 is 12.8. The zero-order valence-corrected chi connectivity index (χ0v) is 19.0. The van der Waals surface area contributed by atoms with E-state index in [1.165, 1.54) is 5.56 Å². The number of hydrogen-bond donors (Lipinski definition) is 2. The van der Waals surface area contributed by atoms with Crippen LogP contribution in [0, 0.1) is 0 Å². The number of fused-ring (bicyclic) bond motifs is 1. The molecule has 0 aliphatic carbocycles. The minimum absolute atomic E-state index is 0.0123. The van der Waals surface area contributed by atoms with Gasteiger partial charge in [0.15, 0.2) is 0 Å². The van der Waals surface area contributed by atoms with Crippen molar-refractivity contribution in [1.82, 2.24) is 15.5 Å². The fraction of sp³-hybridized carbons (Fsp3) is 0.652. The average molecular weight is 434 g/mol. The monoisotopic (exact) mass is 433 g/mol. The summed E-state index contributed by atoms with van der Waals surface area (Å²) in [6.45, 7) is 1.79. The number of nitrogens with zero attached hydrogens (tertiary/aromatic N) is 1. The van der Waals surface area contributed by atoms with Crippen molar-refractivity contribution in [3.63, 3.8) is 0 Å². The Bertz CT molecular complexity index is 742. The molecule has 2 saturated heterocycles. The first-order valence-electron chi connectivity index (χ1n) is 11.2. The lowest BCUT2D eigenvalue weighted by molar-refractivity contribution is -0.139. The average Bonchev–Trinajstić information content (AvgIpc) is 3.14. The molecule has 2 N–H and O–H groups in total. The number of carbonyl (C=O) groups excluding carboxylic acids is 2. The molecule has 2 amide bonds. The summed E-state index contributed by atoms with van der Waals surface area (Å²) in [6.07, 6.45) is 6.36. The first-order chi connectivity index (χ1) is 14.5. The minimum atomic E-state index is -0.972. The highest BCUT2D eigenvalue weighted by Gasteiger charge is 2.41. The summed E-state index contributed by atoms with van der Waals surface area (Å²) in [4.78, 5) is 27.7. The van der Waals surface area contributed by atoms with Gasteiger partial charge < -0.3 is 15.5 Å². The molecule has 2 aliphatic heterocycles. The van der Waals surface area contributed by atoms with E-state index in [9.17, 15) is 13.8 Å². The van der Waals surface area contributed by atoms with Crippen LogP contribution < -0.4 is 10.6 Å². The van der Waals surface area contributed by atoms with Crippen LogP contribution in [0.4, 0.5) is 0 Å². The Morgan fingerprint density at radius 2 is 1.90 bits per heavy atom. The van der Waals surface area contributed by atoms with Gasteiger partial charge in [-0.25, -0.2) is 0 Å². The van der Waals surface area contributed by atoms with E-state index < -0.39 is 16.8 Å². The minimum Gasteiger partial charge on any atom is -0.343 e. The smallest absolute Gasteiger partial charge is 0.245 e. The van der Waals surface area contributed by atoms with Crippen LogP contribution >= 0.6 is 0 Å². The third kappa shape index (κ3) is 5.91. The molecule has 0 aromatic heterocycles. The zero-order chi connectivity index (χ0) is 21.5. The van der Waals surface area contributed by atoms with Gasteiger partial charge in [-0.2, -0.15) is 0 Å². The number of aryl methyl sites for hydroxylation is 1. The summed E-state index contributed by atoms with van der Waals surface area (Å²) in [5.41, 5.74) is 1.19. The zero-order valence-electron chi connectivity index (χ0n) is 18.1. The standard InChI is InChI=1S/C23H35N3O3S/c1-17(24-2)22(27)25-21-11-7-6-10-19-12-13-20(26(19)23(21)28)16-30(29)15-14-18-8-4-3-5-9-18/h3-5,8-9,17,19-21,24H,6-7,10-16H2,1-2H3,(H,25,27)/t17?,19-,20-,21-,30?/m0/s1. The molecule has 0 spiro atoms. The van der Waals surface area contributed by atoms with Gasteiger partial charge in [-0.15, -0.1) is 0 Å². The first kappa shape index (κ1) is 22.9. The number of carbonyl (C=O) groups is 2. The molecule has 6 nitrogen and oxygen atoms in total. The van der Waals surface area contributed by atoms with E-state index in [-0.39, 0.29) is 29.9 Å². The summed E-state index contributed by atoms with van der Waals surface area (Å²) in [5, 5.41) is 5.88. The molecule has 1 aromatic rings. The van der Waals surface area contributed by atoms with E-state index in [1.54, 1.807) is 14.0 Å². The molecule has 2 aliphatic rings. The largest absolute Gasteiger partial charge is 0.343 e. The first-order valence-corrected chi connectivity index (χ1v) is 12.7. The van der Waals surface area contributed by atoms with Crippen molar-refractivity contribution < 1.29 is 13.8 Å². The van der Waals surface area contributed by atoms with Gasteiger partial charge in [0.25, 0.3) is 0 Å². The second-order valence-electron chi connectivity index (χ2n) is 8.53. The summed E-state index contributed by atoms with van der Waals surface area (Å²) in [7, 11) is 0.765. The molecular weight excluding hydrogens is 398 g/mol. The molecule has 2 unspecified atom stereocenters. The number of likely N-dealkylation sites (N-methyl/N-ethyl adjacent to an activating group) is 1. The van der Waals surface area contributed by atoms with E-state index in [0.717, 1.165) is 38.5 Å². The van der Waals surface area contributed by atoms with Crippen LogP contribution in [0.1, 0.15) is 51.0 Å². The van der Waals surface area contributed by atoms with Gasteiger partial charge in [-0.1, -0.05) is 43.2 Å².